The Bertz CT molecular complexity index is 801. The van der Waals surface area contributed by atoms with Crippen molar-refractivity contribution < 1.29 is 4.79 Å². The summed E-state index contributed by atoms with van der Waals surface area (Å²) in [5.74, 6) is 0. The standard InChI is InChI=1S/C19H21N5O/c1-15(16-7-11-20-12-8-16)22-19(25)21-13-9-17-10-14-24(23-17)18-5-3-2-4-6-18/h2-8,10-12,14-15H,9,13H2,1H3,(H2,21,22,25)/t15-/m0/s1. The van der Waals surface area contributed by atoms with Crippen LogP contribution in [0.15, 0.2) is 67.1 Å². The Morgan fingerprint density at radius 1 is 1.12 bits per heavy atom. The second kappa shape index (κ2) is 8.10. The minimum absolute atomic E-state index is 0.0692. The lowest BCUT2D eigenvalue weighted by Crippen LogP contribution is -2.38. The van der Waals surface area contributed by atoms with E-state index in [-0.39, 0.29) is 12.1 Å². The van der Waals surface area contributed by atoms with Gasteiger partial charge in [0.1, 0.15) is 0 Å². The molecular formula is C19H21N5O. The molecule has 3 aromatic rings. The summed E-state index contributed by atoms with van der Waals surface area (Å²) in [5.41, 5.74) is 2.98. The minimum atomic E-state index is -0.188. The number of hydrogen-bond acceptors (Lipinski definition) is 3. The molecule has 2 aromatic heterocycles. The van der Waals surface area contributed by atoms with Crippen molar-refractivity contribution in [2.45, 2.75) is 19.4 Å². The number of para-hydroxylation sites is 1. The SMILES string of the molecule is C[C@H](NC(=O)NCCc1ccn(-c2ccccc2)n1)c1ccncc1. The van der Waals surface area contributed by atoms with Crippen LogP contribution in [0.5, 0.6) is 0 Å². The molecule has 0 saturated carbocycles. The van der Waals surface area contributed by atoms with Gasteiger partial charge in [-0.25, -0.2) is 9.48 Å². The van der Waals surface area contributed by atoms with Crippen molar-refractivity contribution in [3.63, 3.8) is 0 Å². The van der Waals surface area contributed by atoms with E-state index in [2.05, 4.69) is 20.7 Å². The summed E-state index contributed by atoms with van der Waals surface area (Å²) in [4.78, 5) is 16.0. The minimum Gasteiger partial charge on any atom is -0.338 e. The van der Waals surface area contributed by atoms with Crippen LogP contribution in [-0.2, 0) is 6.42 Å². The summed E-state index contributed by atoms with van der Waals surface area (Å²) in [7, 11) is 0. The van der Waals surface area contributed by atoms with E-state index in [0.29, 0.717) is 13.0 Å². The molecule has 0 aliphatic heterocycles. The summed E-state index contributed by atoms with van der Waals surface area (Å²) in [6.07, 6.45) is 6.04. The third-order valence-corrected chi connectivity index (χ3v) is 3.89. The van der Waals surface area contributed by atoms with Crippen LogP contribution in [0.1, 0.15) is 24.2 Å². The van der Waals surface area contributed by atoms with Crippen molar-refractivity contribution in [1.82, 2.24) is 25.4 Å². The van der Waals surface area contributed by atoms with Crippen LogP contribution in [0, 0.1) is 0 Å². The van der Waals surface area contributed by atoms with Gasteiger partial charge in [-0.2, -0.15) is 5.10 Å². The average Bonchev–Trinajstić information content (AvgIpc) is 3.12. The number of rotatable bonds is 6. The fraction of sp³-hybridized carbons (Fsp3) is 0.211. The van der Waals surface area contributed by atoms with Crippen molar-refractivity contribution in [1.29, 1.82) is 0 Å². The Morgan fingerprint density at radius 2 is 1.88 bits per heavy atom. The van der Waals surface area contributed by atoms with Gasteiger partial charge in [-0.05, 0) is 42.8 Å². The summed E-state index contributed by atoms with van der Waals surface area (Å²) >= 11 is 0. The number of benzene rings is 1. The molecule has 0 aliphatic rings. The van der Waals surface area contributed by atoms with E-state index in [1.54, 1.807) is 12.4 Å². The van der Waals surface area contributed by atoms with Crippen molar-refractivity contribution in [2.75, 3.05) is 6.54 Å². The molecule has 0 bridgehead atoms. The molecule has 25 heavy (non-hydrogen) atoms. The van der Waals surface area contributed by atoms with Gasteiger partial charge in [-0.1, -0.05) is 18.2 Å². The maximum atomic E-state index is 12.0. The van der Waals surface area contributed by atoms with E-state index >= 15 is 0 Å². The van der Waals surface area contributed by atoms with Crippen LogP contribution in [0.2, 0.25) is 0 Å². The number of urea groups is 1. The molecule has 0 unspecified atom stereocenters. The molecular weight excluding hydrogens is 314 g/mol. The van der Waals surface area contributed by atoms with Crippen LogP contribution in [0.4, 0.5) is 4.79 Å². The Morgan fingerprint density at radius 3 is 2.64 bits per heavy atom. The Labute approximate surface area is 146 Å². The average molecular weight is 335 g/mol. The lowest BCUT2D eigenvalue weighted by atomic mass is 10.1. The summed E-state index contributed by atoms with van der Waals surface area (Å²) in [6.45, 7) is 2.47. The van der Waals surface area contributed by atoms with E-state index in [9.17, 15) is 4.79 Å². The maximum Gasteiger partial charge on any atom is 0.315 e. The molecule has 6 heteroatoms. The first-order valence-electron chi connectivity index (χ1n) is 8.26. The number of pyridine rings is 1. The Hall–Kier alpha value is -3.15. The second-order valence-corrected chi connectivity index (χ2v) is 5.74. The van der Waals surface area contributed by atoms with Gasteiger partial charge in [0.2, 0.25) is 0 Å². The molecule has 0 saturated heterocycles. The van der Waals surface area contributed by atoms with Crippen molar-refractivity contribution in [2.24, 2.45) is 0 Å². The smallest absolute Gasteiger partial charge is 0.315 e. The monoisotopic (exact) mass is 335 g/mol. The highest BCUT2D eigenvalue weighted by Gasteiger charge is 2.09. The largest absolute Gasteiger partial charge is 0.338 e. The Kier molecular flexibility index (Phi) is 5.41. The molecule has 0 spiro atoms. The quantitative estimate of drug-likeness (QED) is 0.727. The number of nitrogens with one attached hydrogen (secondary N) is 2. The lowest BCUT2D eigenvalue weighted by molar-refractivity contribution is 0.238. The lowest BCUT2D eigenvalue weighted by Gasteiger charge is -2.14. The number of hydrogen-bond donors (Lipinski definition) is 2. The first kappa shape index (κ1) is 16.7. The van der Waals surface area contributed by atoms with Gasteiger partial charge in [0, 0.05) is 31.6 Å². The van der Waals surface area contributed by atoms with Gasteiger partial charge in [-0.15, -0.1) is 0 Å². The van der Waals surface area contributed by atoms with Gasteiger partial charge < -0.3 is 10.6 Å². The number of aromatic nitrogens is 3. The summed E-state index contributed by atoms with van der Waals surface area (Å²) < 4.78 is 1.83. The highest BCUT2D eigenvalue weighted by Crippen LogP contribution is 2.10. The fourth-order valence-electron chi connectivity index (χ4n) is 2.51. The zero-order valence-electron chi connectivity index (χ0n) is 14.1. The van der Waals surface area contributed by atoms with Crippen LogP contribution >= 0.6 is 0 Å². The van der Waals surface area contributed by atoms with Gasteiger partial charge in [0.05, 0.1) is 17.4 Å². The van der Waals surface area contributed by atoms with Crippen molar-refractivity contribution in [3.8, 4) is 5.69 Å². The summed E-state index contributed by atoms with van der Waals surface area (Å²) in [5, 5.41) is 10.3. The molecule has 3 rings (SSSR count). The molecule has 2 N–H and O–H groups in total. The van der Waals surface area contributed by atoms with E-state index < -0.39 is 0 Å². The molecule has 128 valence electrons. The maximum absolute atomic E-state index is 12.0. The van der Waals surface area contributed by atoms with Crippen LogP contribution in [-0.4, -0.2) is 27.3 Å². The zero-order chi connectivity index (χ0) is 17.5. The predicted octanol–water partition coefficient (Wildman–Crippen LogP) is 2.87. The highest BCUT2D eigenvalue weighted by molar-refractivity contribution is 5.74. The zero-order valence-corrected chi connectivity index (χ0v) is 14.1. The molecule has 1 aromatic carbocycles. The molecule has 0 radical (unpaired) electrons. The van der Waals surface area contributed by atoms with Gasteiger partial charge >= 0.3 is 6.03 Å². The van der Waals surface area contributed by atoms with E-state index in [0.717, 1.165) is 16.9 Å². The molecule has 2 heterocycles. The molecule has 0 aliphatic carbocycles. The number of carbonyl (C=O) groups excluding carboxylic acids is 1. The number of amides is 2. The van der Waals surface area contributed by atoms with Crippen molar-refractivity contribution >= 4 is 6.03 Å². The first-order valence-corrected chi connectivity index (χ1v) is 8.26. The van der Waals surface area contributed by atoms with Gasteiger partial charge in [0.25, 0.3) is 0 Å². The van der Waals surface area contributed by atoms with Crippen molar-refractivity contribution in [3.05, 3.63) is 78.4 Å². The molecule has 2 amide bonds. The Balaban J connectivity index is 1.45. The fourth-order valence-corrected chi connectivity index (χ4v) is 2.51. The van der Waals surface area contributed by atoms with E-state index in [4.69, 9.17) is 0 Å². The van der Waals surface area contributed by atoms with Crippen LogP contribution in [0.3, 0.4) is 0 Å². The molecule has 6 nitrogen and oxygen atoms in total. The van der Waals surface area contributed by atoms with E-state index in [1.165, 1.54) is 0 Å². The van der Waals surface area contributed by atoms with Gasteiger partial charge in [0.15, 0.2) is 0 Å². The summed E-state index contributed by atoms with van der Waals surface area (Å²) in [6, 6.07) is 15.4. The third-order valence-electron chi connectivity index (χ3n) is 3.89. The van der Waals surface area contributed by atoms with Gasteiger partial charge in [-0.3, -0.25) is 4.98 Å². The van der Waals surface area contributed by atoms with Crippen LogP contribution < -0.4 is 10.6 Å². The number of carbonyl (C=O) groups is 1. The molecule has 0 fully saturated rings. The van der Waals surface area contributed by atoms with E-state index in [1.807, 2.05) is 66.3 Å². The third kappa shape index (κ3) is 4.67. The first-order chi connectivity index (χ1) is 12.2. The predicted molar refractivity (Wildman–Crippen MR) is 96.5 cm³/mol. The number of nitrogens with zero attached hydrogens (tertiary/aromatic N) is 3. The topological polar surface area (TPSA) is 71.8 Å². The van der Waals surface area contributed by atoms with Crippen LogP contribution in [0.25, 0.3) is 5.69 Å². The second-order valence-electron chi connectivity index (χ2n) is 5.74. The normalized spacial score (nSPS) is 11.7. The highest BCUT2D eigenvalue weighted by atomic mass is 16.2. The molecule has 1 atom stereocenters.